The second kappa shape index (κ2) is 8.49. The van der Waals surface area contributed by atoms with Crippen LogP contribution in [0.1, 0.15) is 22.5 Å². The van der Waals surface area contributed by atoms with Gasteiger partial charge >= 0.3 is 6.18 Å². The number of halogens is 3. The summed E-state index contributed by atoms with van der Waals surface area (Å²) in [5.41, 5.74) is -1.03. The molecule has 2 N–H and O–H groups in total. The number of hydrogen-bond acceptors (Lipinski definition) is 5. The molecule has 0 radical (unpaired) electrons. The molecule has 27 heavy (non-hydrogen) atoms. The Morgan fingerprint density at radius 1 is 1.22 bits per heavy atom. The van der Waals surface area contributed by atoms with Crippen molar-refractivity contribution in [3.8, 4) is 5.69 Å². The van der Waals surface area contributed by atoms with Crippen molar-refractivity contribution >= 4 is 5.91 Å². The van der Waals surface area contributed by atoms with Crippen molar-refractivity contribution in [1.82, 2.24) is 30.5 Å². The third kappa shape index (κ3) is 5.04. The van der Waals surface area contributed by atoms with Gasteiger partial charge in [-0.15, -0.1) is 5.10 Å². The maximum absolute atomic E-state index is 13.1. The van der Waals surface area contributed by atoms with E-state index in [1.54, 1.807) is 0 Å². The van der Waals surface area contributed by atoms with Crippen molar-refractivity contribution in [1.29, 1.82) is 0 Å². The third-order valence-corrected chi connectivity index (χ3v) is 4.33. The van der Waals surface area contributed by atoms with Crippen LogP contribution in [0.2, 0.25) is 0 Å². The zero-order valence-corrected chi connectivity index (χ0v) is 14.7. The van der Waals surface area contributed by atoms with Gasteiger partial charge in [-0.2, -0.15) is 13.2 Å². The van der Waals surface area contributed by atoms with Gasteiger partial charge in [-0.3, -0.25) is 4.79 Å². The average molecular weight is 382 g/mol. The summed E-state index contributed by atoms with van der Waals surface area (Å²) < 4.78 is 40.3. The fourth-order valence-electron chi connectivity index (χ4n) is 2.93. The maximum atomic E-state index is 13.1. The minimum atomic E-state index is -4.52. The van der Waals surface area contributed by atoms with Gasteiger partial charge in [0.05, 0.1) is 17.4 Å². The number of benzene rings is 1. The molecule has 0 spiro atoms. The molecule has 1 saturated heterocycles. The smallest absolute Gasteiger partial charge is 0.351 e. The molecule has 1 aliphatic rings. The Kier molecular flexibility index (Phi) is 6.07. The zero-order valence-electron chi connectivity index (χ0n) is 14.7. The fourth-order valence-corrected chi connectivity index (χ4v) is 2.93. The Balaban J connectivity index is 1.57. The first-order valence-electron chi connectivity index (χ1n) is 8.75. The Morgan fingerprint density at radius 3 is 2.70 bits per heavy atom. The van der Waals surface area contributed by atoms with E-state index in [0.29, 0.717) is 6.54 Å². The second-order valence-electron chi connectivity index (χ2n) is 6.26. The predicted molar refractivity (Wildman–Crippen MR) is 92.6 cm³/mol. The fraction of sp³-hybridized carbons (Fsp3) is 0.471. The van der Waals surface area contributed by atoms with Crippen LogP contribution in [0, 0.1) is 0 Å². The number of carbonyl (C=O) groups is 1. The number of carbonyl (C=O) groups excluding carboxylic acids is 1. The Hall–Kier alpha value is -2.46. The van der Waals surface area contributed by atoms with E-state index in [-0.39, 0.29) is 11.4 Å². The summed E-state index contributed by atoms with van der Waals surface area (Å²) in [6.45, 7) is 5.26. The molecule has 0 atom stereocenters. The lowest BCUT2D eigenvalue weighted by molar-refractivity contribution is -0.137. The molecular weight excluding hydrogens is 361 g/mol. The number of aromatic nitrogens is 3. The van der Waals surface area contributed by atoms with Gasteiger partial charge in [0.25, 0.3) is 5.91 Å². The van der Waals surface area contributed by atoms with Crippen LogP contribution in [0.25, 0.3) is 5.69 Å². The van der Waals surface area contributed by atoms with Crippen LogP contribution >= 0.6 is 0 Å². The number of hydrogen-bond donors (Lipinski definition) is 2. The van der Waals surface area contributed by atoms with Crippen molar-refractivity contribution in [2.45, 2.75) is 12.6 Å². The van der Waals surface area contributed by atoms with Gasteiger partial charge < -0.3 is 15.5 Å². The van der Waals surface area contributed by atoms with Gasteiger partial charge in [0, 0.05) is 32.7 Å². The van der Waals surface area contributed by atoms with E-state index in [4.69, 9.17) is 0 Å². The Bertz CT molecular complexity index is 770. The lowest BCUT2D eigenvalue weighted by Crippen LogP contribution is -2.44. The van der Waals surface area contributed by atoms with E-state index in [1.807, 2.05) is 0 Å². The number of nitrogens with zero attached hydrogens (tertiary/aromatic N) is 4. The molecule has 0 bridgehead atoms. The van der Waals surface area contributed by atoms with Gasteiger partial charge in [-0.05, 0) is 25.1 Å². The molecule has 0 saturated carbocycles. The normalized spacial score (nSPS) is 15.7. The maximum Gasteiger partial charge on any atom is 0.418 e. The van der Waals surface area contributed by atoms with E-state index in [0.717, 1.165) is 49.9 Å². The largest absolute Gasteiger partial charge is 0.418 e. The first-order chi connectivity index (χ1) is 12.9. The van der Waals surface area contributed by atoms with Gasteiger partial charge in [0.1, 0.15) is 0 Å². The number of para-hydroxylation sites is 1. The highest BCUT2D eigenvalue weighted by Crippen LogP contribution is 2.33. The van der Waals surface area contributed by atoms with Crippen molar-refractivity contribution in [2.24, 2.45) is 0 Å². The van der Waals surface area contributed by atoms with Gasteiger partial charge in [-0.25, -0.2) is 4.68 Å². The minimum Gasteiger partial charge on any atom is -0.351 e. The summed E-state index contributed by atoms with van der Waals surface area (Å²) in [5, 5.41) is 13.4. The summed E-state index contributed by atoms with van der Waals surface area (Å²) in [7, 11) is 0. The lowest BCUT2D eigenvalue weighted by Gasteiger charge is -2.26. The van der Waals surface area contributed by atoms with E-state index in [9.17, 15) is 18.0 Å². The Labute approximate surface area is 154 Å². The number of amides is 1. The highest BCUT2D eigenvalue weighted by atomic mass is 19.4. The molecule has 7 nitrogen and oxygen atoms in total. The molecule has 1 amide bonds. The van der Waals surface area contributed by atoms with E-state index in [1.165, 1.54) is 24.4 Å². The van der Waals surface area contributed by atoms with Crippen LogP contribution in [-0.2, 0) is 6.18 Å². The van der Waals surface area contributed by atoms with E-state index < -0.39 is 17.6 Å². The van der Waals surface area contributed by atoms with E-state index in [2.05, 4.69) is 25.8 Å². The van der Waals surface area contributed by atoms with Crippen molar-refractivity contribution in [3.63, 3.8) is 0 Å². The quantitative estimate of drug-likeness (QED) is 0.737. The molecular formula is C17H21F3N6O. The van der Waals surface area contributed by atoms with Gasteiger partial charge in [0.15, 0.2) is 5.69 Å². The SMILES string of the molecule is O=C(NCCCN1CCNCC1)c1cn(-c2ccccc2C(F)(F)F)nn1. The first kappa shape index (κ1) is 19.3. The molecule has 0 aliphatic carbocycles. The minimum absolute atomic E-state index is 0.0193. The highest BCUT2D eigenvalue weighted by Gasteiger charge is 2.34. The highest BCUT2D eigenvalue weighted by molar-refractivity contribution is 5.91. The summed E-state index contributed by atoms with van der Waals surface area (Å²) in [4.78, 5) is 14.5. The predicted octanol–water partition coefficient (Wildman–Crippen LogP) is 1.31. The van der Waals surface area contributed by atoms with Crippen molar-refractivity contribution < 1.29 is 18.0 Å². The van der Waals surface area contributed by atoms with Crippen LogP contribution in [0.4, 0.5) is 13.2 Å². The summed E-state index contributed by atoms with van der Waals surface area (Å²) in [6, 6.07) is 5.02. The standard InChI is InChI=1S/C17H21F3N6O/c18-17(19,20)13-4-1-2-5-15(13)26-12-14(23-24-26)16(27)22-6-3-9-25-10-7-21-8-11-25/h1-2,4-5,12,21H,3,6-11H2,(H,22,27). The molecule has 1 fully saturated rings. The second-order valence-corrected chi connectivity index (χ2v) is 6.26. The zero-order chi connectivity index (χ0) is 19.3. The van der Waals surface area contributed by atoms with Crippen LogP contribution in [0.3, 0.4) is 0 Å². The monoisotopic (exact) mass is 382 g/mol. The number of nitrogens with one attached hydrogen (secondary N) is 2. The molecule has 2 aromatic rings. The molecule has 1 aromatic carbocycles. The number of piperazine rings is 1. The third-order valence-electron chi connectivity index (χ3n) is 4.33. The molecule has 3 rings (SSSR count). The topological polar surface area (TPSA) is 75.1 Å². The first-order valence-corrected chi connectivity index (χ1v) is 8.75. The summed E-state index contributed by atoms with van der Waals surface area (Å²) >= 11 is 0. The van der Waals surface area contributed by atoms with Crippen LogP contribution in [-0.4, -0.2) is 65.1 Å². The molecule has 0 unspecified atom stereocenters. The van der Waals surface area contributed by atoms with Crippen LogP contribution in [0.5, 0.6) is 0 Å². The van der Waals surface area contributed by atoms with Crippen molar-refractivity contribution in [2.75, 3.05) is 39.3 Å². The lowest BCUT2D eigenvalue weighted by atomic mass is 10.1. The summed E-state index contributed by atoms with van der Waals surface area (Å²) in [5.74, 6) is -0.453. The summed E-state index contributed by atoms with van der Waals surface area (Å²) in [6.07, 6.45) is -2.53. The molecule has 1 aliphatic heterocycles. The molecule has 1 aromatic heterocycles. The van der Waals surface area contributed by atoms with Gasteiger partial charge in [-0.1, -0.05) is 17.3 Å². The number of rotatable bonds is 6. The van der Waals surface area contributed by atoms with E-state index >= 15 is 0 Å². The Morgan fingerprint density at radius 2 is 1.96 bits per heavy atom. The average Bonchev–Trinajstić information content (AvgIpc) is 3.15. The van der Waals surface area contributed by atoms with Crippen LogP contribution < -0.4 is 10.6 Å². The molecule has 146 valence electrons. The molecule has 2 heterocycles. The van der Waals surface area contributed by atoms with Crippen LogP contribution in [0.15, 0.2) is 30.5 Å². The molecule has 10 heteroatoms. The number of alkyl halides is 3. The van der Waals surface area contributed by atoms with Gasteiger partial charge in [0.2, 0.25) is 0 Å². The van der Waals surface area contributed by atoms with Crippen molar-refractivity contribution in [3.05, 3.63) is 41.7 Å².